The van der Waals surface area contributed by atoms with E-state index in [1.807, 2.05) is 0 Å². The summed E-state index contributed by atoms with van der Waals surface area (Å²) in [5, 5.41) is 38.4. The molecular weight excluding hydrogens is 258 g/mol. The monoisotopic (exact) mass is 279 g/mol. The van der Waals surface area contributed by atoms with Crippen molar-refractivity contribution in [2.24, 2.45) is 5.73 Å². The van der Waals surface area contributed by atoms with Crippen LogP contribution in [0.4, 0.5) is 0 Å². The van der Waals surface area contributed by atoms with Gasteiger partial charge in [0.25, 0.3) is 5.79 Å². The van der Waals surface area contributed by atoms with Crippen molar-refractivity contribution in [1.29, 1.82) is 0 Å². The van der Waals surface area contributed by atoms with Crippen LogP contribution in [0, 0.1) is 0 Å². The molecule has 1 heterocycles. The van der Waals surface area contributed by atoms with E-state index in [4.69, 9.17) is 20.3 Å². The molecule has 112 valence electrons. The van der Waals surface area contributed by atoms with Crippen LogP contribution in [0.25, 0.3) is 0 Å². The number of hydrogen-bond acceptors (Lipinski definition) is 8. The number of nitrogens with two attached hydrogens (primary N) is 1. The van der Waals surface area contributed by atoms with Crippen molar-refractivity contribution < 1.29 is 34.7 Å². The highest BCUT2D eigenvalue weighted by Gasteiger charge is 2.57. The zero-order valence-electron chi connectivity index (χ0n) is 11.1. The first-order valence-electron chi connectivity index (χ1n) is 5.89. The molecular formula is C11H21NO7. The molecule has 19 heavy (non-hydrogen) atoms. The quantitative estimate of drug-likeness (QED) is 0.348. The Balaban J connectivity index is 2.98. The van der Waals surface area contributed by atoms with Crippen molar-refractivity contribution in [2.75, 3.05) is 6.61 Å². The third-order valence-electron chi connectivity index (χ3n) is 2.75. The Kier molecular flexibility index (Phi) is 4.55. The Morgan fingerprint density at radius 1 is 1.37 bits per heavy atom. The summed E-state index contributed by atoms with van der Waals surface area (Å²) in [7, 11) is 0. The van der Waals surface area contributed by atoms with Gasteiger partial charge in [-0.05, 0) is 20.8 Å². The Bertz CT molecular complexity index is 340. The molecule has 0 radical (unpaired) electrons. The minimum atomic E-state index is -2.63. The molecule has 0 saturated carbocycles. The van der Waals surface area contributed by atoms with Crippen LogP contribution < -0.4 is 5.73 Å². The van der Waals surface area contributed by atoms with E-state index in [-0.39, 0.29) is 0 Å². The normalized spacial score (nSPS) is 40.0. The number of hydrogen-bond donors (Lipinski definition) is 5. The highest BCUT2D eigenvalue weighted by molar-refractivity contribution is 5.79. The van der Waals surface area contributed by atoms with Crippen LogP contribution in [0.15, 0.2) is 0 Å². The van der Waals surface area contributed by atoms with Gasteiger partial charge >= 0.3 is 5.97 Å². The van der Waals surface area contributed by atoms with Crippen molar-refractivity contribution >= 4 is 5.97 Å². The molecule has 0 amide bonds. The van der Waals surface area contributed by atoms with Gasteiger partial charge in [-0.3, -0.25) is 0 Å². The number of carbonyl (C=O) groups excluding carboxylic acids is 1. The number of esters is 1. The van der Waals surface area contributed by atoms with E-state index in [0.717, 1.165) is 0 Å². The van der Waals surface area contributed by atoms with E-state index in [9.17, 15) is 20.1 Å². The fourth-order valence-corrected chi connectivity index (χ4v) is 1.72. The zero-order valence-corrected chi connectivity index (χ0v) is 11.1. The molecule has 0 aromatic carbocycles. The number of aliphatic hydroxyl groups excluding tert-OH is 3. The minimum Gasteiger partial charge on any atom is -0.456 e. The van der Waals surface area contributed by atoms with Gasteiger partial charge in [-0.2, -0.15) is 0 Å². The third kappa shape index (κ3) is 3.22. The highest BCUT2D eigenvalue weighted by atomic mass is 16.7. The van der Waals surface area contributed by atoms with Gasteiger partial charge in [0.2, 0.25) is 0 Å². The van der Waals surface area contributed by atoms with Crippen LogP contribution in [-0.4, -0.2) is 68.7 Å². The molecule has 0 bridgehead atoms. The minimum absolute atomic E-state index is 0.698. The lowest BCUT2D eigenvalue weighted by molar-refractivity contribution is -0.311. The number of ether oxygens (including phenoxy) is 2. The van der Waals surface area contributed by atoms with Gasteiger partial charge in [-0.15, -0.1) is 0 Å². The highest BCUT2D eigenvalue weighted by Crippen LogP contribution is 2.29. The summed E-state index contributed by atoms with van der Waals surface area (Å²) >= 11 is 0. The summed E-state index contributed by atoms with van der Waals surface area (Å²) in [5.41, 5.74) is 4.62. The predicted molar refractivity (Wildman–Crippen MR) is 62.7 cm³/mol. The molecule has 1 fully saturated rings. The summed E-state index contributed by atoms with van der Waals surface area (Å²) < 4.78 is 9.88. The number of aliphatic hydroxyl groups is 4. The van der Waals surface area contributed by atoms with Crippen molar-refractivity contribution in [3.8, 4) is 0 Å². The van der Waals surface area contributed by atoms with Crippen LogP contribution in [0.2, 0.25) is 0 Å². The average molecular weight is 279 g/mol. The first-order valence-corrected chi connectivity index (χ1v) is 5.89. The molecule has 6 N–H and O–H groups in total. The van der Waals surface area contributed by atoms with Gasteiger partial charge in [0, 0.05) is 0 Å². The molecule has 1 aliphatic rings. The molecule has 5 atom stereocenters. The number of carbonyl (C=O) groups is 1. The van der Waals surface area contributed by atoms with E-state index in [2.05, 4.69) is 0 Å². The molecule has 8 nitrogen and oxygen atoms in total. The van der Waals surface area contributed by atoms with Gasteiger partial charge in [-0.25, -0.2) is 4.79 Å². The summed E-state index contributed by atoms with van der Waals surface area (Å²) in [6.45, 7) is 4.04. The first kappa shape index (κ1) is 16.3. The van der Waals surface area contributed by atoms with Crippen LogP contribution >= 0.6 is 0 Å². The molecule has 0 aromatic rings. The molecule has 0 aliphatic carbocycles. The molecule has 1 aliphatic heterocycles. The maximum atomic E-state index is 11.9. The van der Waals surface area contributed by atoms with Crippen LogP contribution in [0.3, 0.4) is 0 Å². The Morgan fingerprint density at radius 3 is 2.32 bits per heavy atom. The second-order valence-corrected chi connectivity index (χ2v) is 5.54. The lowest BCUT2D eigenvalue weighted by Gasteiger charge is -2.44. The Morgan fingerprint density at radius 2 is 1.89 bits per heavy atom. The van der Waals surface area contributed by atoms with Crippen LogP contribution in [0.5, 0.6) is 0 Å². The van der Waals surface area contributed by atoms with Crippen LogP contribution in [-0.2, 0) is 14.3 Å². The first-order chi connectivity index (χ1) is 8.53. The number of rotatable bonds is 2. The van der Waals surface area contributed by atoms with E-state index >= 15 is 0 Å². The molecule has 1 unspecified atom stereocenters. The van der Waals surface area contributed by atoms with E-state index < -0.39 is 48.3 Å². The smallest absolute Gasteiger partial charge is 0.369 e. The van der Waals surface area contributed by atoms with Crippen molar-refractivity contribution in [3.63, 3.8) is 0 Å². The maximum absolute atomic E-state index is 11.9. The van der Waals surface area contributed by atoms with Crippen molar-refractivity contribution in [1.82, 2.24) is 0 Å². The molecule has 0 aromatic heterocycles. The fourth-order valence-electron chi connectivity index (χ4n) is 1.72. The van der Waals surface area contributed by atoms with E-state index in [1.54, 1.807) is 20.8 Å². The van der Waals surface area contributed by atoms with Gasteiger partial charge in [-0.1, -0.05) is 0 Å². The standard InChI is InChI=1S/C11H21NO7/c1-10(2,3)19-9(16)11(17)8(12)7(15)6(14)5(4-13)18-11/h5-8,13-15,17H,4,12H2,1-3H3/t5-,6-,7+,8-,11?/m1/s1. The molecule has 1 saturated heterocycles. The van der Waals surface area contributed by atoms with Gasteiger partial charge in [0.05, 0.1) is 12.6 Å². The largest absolute Gasteiger partial charge is 0.456 e. The summed E-state index contributed by atoms with van der Waals surface area (Å²) in [4.78, 5) is 11.9. The van der Waals surface area contributed by atoms with Gasteiger partial charge < -0.3 is 35.6 Å². The molecule has 1 rings (SSSR count). The van der Waals surface area contributed by atoms with Gasteiger partial charge in [0.15, 0.2) is 0 Å². The topological polar surface area (TPSA) is 142 Å². The summed E-state index contributed by atoms with van der Waals surface area (Å²) in [5.74, 6) is -3.81. The van der Waals surface area contributed by atoms with E-state index in [0.29, 0.717) is 0 Å². The molecule has 0 spiro atoms. The second-order valence-electron chi connectivity index (χ2n) is 5.54. The lowest BCUT2D eigenvalue weighted by atomic mass is 9.91. The lowest BCUT2D eigenvalue weighted by Crippen LogP contribution is -2.71. The van der Waals surface area contributed by atoms with Crippen molar-refractivity contribution in [2.45, 2.75) is 56.5 Å². The summed E-state index contributed by atoms with van der Waals surface area (Å²) in [6, 6.07) is -1.60. The Labute approximate surface area is 110 Å². The zero-order chi connectivity index (χ0) is 15.0. The van der Waals surface area contributed by atoms with E-state index in [1.165, 1.54) is 0 Å². The average Bonchev–Trinajstić information content (AvgIpc) is 2.29. The predicted octanol–water partition coefficient (Wildman–Crippen LogP) is -2.54. The third-order valence-corrected chi connectivity index (χ3v) is 2.75. The maximum Gasteiger partial charge on any atom is 0.369 e. The SMILES string of the molecule is CC(C)(C)OC(=O)C1(O)O[C@H](CO)[C@@H](O)[C@H](O)[C@H]1N. The summed E-state index contributed by atoms with van der Waals surface area (Å²) in [6.07, 6.45) is -4.49. The van der Waals surface area contributed by atoms with Gasteiger partial charge in [0.1, 0.15) is 23.9 Å². The molecule has 8 heteroatoms. The van der Waals surface area contributed by atoms with Crippen LogP contribution in [0.1, 0.15) is 20.8 Å². The Hall–Kier alpha value is -0.770. The second kappa shape index (κ2) is 5.31. The van der Waals surface area contributed by atoms with Crippen molar-refractivity contribution in [3.05, 3.63) is 0 Å². The fraction of sp³-hybridized carbons (Fsp3) is 0.909.